The largest absolute Gasteiger partial charge is 0.473 e. The lowest BCUT2D eigenvalue weighted by Crippen LogP contribution is -2.45. The minimum atomic E-state index is 0.314. The van der Waals surface area contributed by atoms with Gasteiger partial charge < -0.3 is 4.74 Å². The van der Waals surface area contributed by atoms with Crippen molar-refractivity contribution in [2.75, 3.05) is 0 Å². The molecule has 3 fully saturated rings. The number of fused-ring (bicyclic) bond motifs is 5. The van der Waals surface area contributed by atoms with Crippen molar-refractivity contribution in [3.63, 3.8) is 0 Å². The molecule has 1 aliphatic heterocycles. The van der Waals surface area contributed by atoms with Gasteiger partial charge in [-0.3, -0.25) is 0 Å². The fourth-order valence-electron chi connectivity index (χ4n) is 5.60. The molecule has 3 aliphatic carbocycles. The highest BCUT2D eigenvalue weighted by molar-refractivity contribution is 5.27. The van der Waals surface area contributed by atoms with Gasteiger partial charge in [0.25, 0.3) is 0 Å². The second kappa shape index (κ2) is 3.88. The maximum absolute atomic E-state index is 5.43. The van der Waals surface area contributed by atoms with E-state index >= 15 is 0 Å². The van der Waals surface area contributed by atoms with Crippen molar-refractivity contribution in [1.82, 2.24) is 0 Å². The van der Waals surface area contributed by atoms with Crippen molar-refractivity contribution in [2.45, 2.75) is 51.9 Å². The van der Waals surface area contributed by atoms with Gasteiger partial charge in [-0.15, -0.1) is 0 Å². The molecule has 0 amide bonds. The first-order valence-corrected chi connectivity index (χ1v) is 7.82. The van der Waals surface area contributed by atoms with E-state index in [0.717, 1.165) is 23.7 Å². The van der Waals surface area contributed by atoms with E-state index in [4.69, 9.17) is 4.74 Å². The van der Waals surface area contributed by atoms with E-state index in [0.29, 0.717) is 5.41 Å². The van der Waals surface area contributed by atoms with E-state index in [2.05, 4.69) is 13.0 Å². The summed E-state index contributed by atoms with van der Waals surface area (Å²) < 4.78 is 5.43. The zero-order valence-electron chi connectivity index (χ0n) is 11.4. The zero-order chi connectivity index (χ0) is 12.2. The average molecular weight is 244 g/mol. The highest BCUT2D eigenvalue weighted by atomic mass is 16.5. The molecule has 0 saturated heterocycles. The molecule has 1 heterocycles. The molecule has 1 heteroatoms. The molecule has 98 valence electrons. The molecule has 0 aromatic rings. The minimum absolute atomic E-state index is 0.314. The minimum Gasteiger partial charge on any atom is -0.473 e. The van der Waals surface area contributed by atoms with Crippen LogP contribution in [0.3, 0.4) is 0 Å². The second-order valence-electron chi connectivity index (χ2n) is 7.11. The number of allylic oxidation sites excluding steroid dienone is 2. The molecule has 3 saturated carbocycles. The topological polar surface area (TPSA) is 9.23 Å². The fourth-order valence-corrected chi connectivity index (χ4v) is 5.60. The standard InChI is InChI=1S/C17H24O/c1-17-9-10-18-11-13(17)6-7-15-14-4-2-3-12(14)5-8-16(15)17/h9-12,14-16H,2-8H2,1H3. The molecule has 0 radical (unpaired) electrons. The van der Waals surface area contributed by atoms with Gasteiger partial charge in [0.1, 0.15) is 0 Å². The number of rotatable bonds is 0. The third-order valence-electron chi connectivity index (χ3n) is 6.55. The normalized spacial score (nSPS) is 49.7. The molecule has 4 rings (SSSR count). The molecule has 18 heavy (non-hydrogen) atoms. The first-order valence-electron chi connectivity index (χ1n) is 7.82. The van der Waals surface area contributed by atoms with E-state index in [1.807, 2.05) is 12.5 Å². The van der Waals surface area contributed by atoms with Crippen LogP contribution in [0.25, 0.3) is 0 Å². The lowest BCUT2D eigenvalue weighted by atomic mass is 9.52. The predicted octanol–water partition coefficient (Wildman–Crippen LogP) is 4.66. The monoisotopic (exact) mass is 244 g/mol. The number of hydrogen-bond acceptors (Lipinski definition) is 1. The molecule has 5 unspecified atom stereocenters. The first kappa shape index (κ1) is 11.1. The summed E-state index contributed by atoms with van der Waals surface area (Å²) in [6, 6.07) is 0. The molecule has 0 spiro atoms. The highest BCUT2D eigenvalue weighted by Gasteiger charge is 2.51. The van der Waals surface area contributed by atoms with Crippen molar-refractivity contribution < 1.29 is 4.74 Å². The van der Waals surface area contributed by atoms with Gasteiger partial charge in [-0.2, -0.15) is 0 Å². The van der Waals surface area contributed by atoms with E-state index in [9.17, 15) is 0 Å². The van der Waals surface area contributed by atoms with Crippen LogP contribution in [0.15, 0.2) is 24.2 Å². The lowest BCUT2D eigenvalue weighted by Gasteiger charge is -2.53. The van der Waals surface area contributed by atoms with Crippen LogP contribution in [0.2, 0.25) is 0 Å². The summed E-state index contributed by atoms with van der Waals surface area (Å²) >= 11 is 0. The van der Waals surface area contributed by atoms with Crippen LogP contribution in [0.5, 0.6) is 0 Å². The smallest absolute Gasteiger partial charge is 0.0902 e. The van der Waals surface area contributed by atoms with Crippen LogP contribution < -0.4 is 0 Å². The lowest BCUT2D eigenvalue weighted by molar-refractivity contribution is 0.0256. The first-order chi connectivity index (χ1) is 8.79. The van der Waals surface area contributed by atoms with Crippen LogP contribution in [0.4, 0.5) is 0 Å². The van der Waals surface area contributed by atoms with E-state index in [1.54, 1.807) is 5.57 Å². The molecule has 0 N–H and O–H groups in total. The molecule has 1 nitrogen and oxygen atoms in total. The SMILES string of the molecule is CC12C=COC=C1CCC1C3CCCC3CCC12. The Bertz CT molecular complexity index is 408. The Balaban J connectivity index is 1.69. The third kappa shape index (κ3) is 1.39. The van der Waals surface area contributed by atoms with Crippen molar-refractivity contribution in [3.05, 3.63) is 24.2 Å². The summed E-state index contributed by atoms with van der Waals surface area (Å²) in [6.45, 7) is 2.46. The van der Waals surface area contributed by atoms with Crippen molar-refractivity contribution >= 4 is 0 Å². The van der Waals surface area contributed by atoms with E-state index < -0.39 is 0 Å². The van der Waals surface area contributed by atoms with Crippen molar-refractivity contribution in [1.29, 1.82) is 0 Å². The van der Waals surface area contributed by atoms with Crippen LogP contribution in [0.1, 0.15) is 51.9 Å². The van der Waals surface area contributed by atoms with E-state index in [1.165, 1.54) is 44.9 Å². The Kier molecular flexibility index (Phi) is 2.40. The van der Waals surface area contributed by atoms with Gasteiger partial charge in [-0.1, -0.05) is 19.8 Å². The van der Waals surface area contributed by atoms with Crippen LogP contribution in [-0.4, -0.2) is 0 Å². The fraction of sp³-hybridized carbons (Fsp3) is 0.765. The summed E-state index contributed by atoms with van der Waals surface area (Å²) in [4.78, 5) is 0. The van der Waals surface area contributed by atoms with Gasteiger partial charge in [-0.05, 0) is 67.4 Å². The average Bonchev–Trinajstić information content (AvgIpc) is 2.86. The van der Waals surface area contributed by atoms with E-state index in [-0.39, 0.29) is 0 Å². The molecular weight excluding hydrogens is 220 g/mol. The molecule has 4 aliphatic rings. The zero-order valence-corrected chi connectivity index (χ0v) is 11.4. The Hall–Kier alpha value is -0.720. The van der Waals surface area contributed by atoms with Gasteiger partial charge in [0.05, 0.1) is 12.5 Å². The summed E-state index contributed by atoms with van der Waals surface area (Å²) in [7, 11) is 0. The summed E-state index contributed by atoms with van der Waals surface area (Å²) in [5.41, 5.74) is 1.87. The number of ether oxygens (including phenoxy) is 1. The van der Waals surface area contributed by atoms with Crippen LogP contribution >= 0.6 is 0 Å². The predicted molar refractivity (Wildman–Crippen MR) is 72.7 cm³/mol. The van der Waals surface area contributed by atoms with Crippen molar-refractivity contribution in [3.8, 4) is 0 Å². The Labute approximate surface area is 110 Å². The van der Waals surface area contributed by atoms with Gasteiger partial charge in [0.15, 0.2) is 0 Å². The maximum Gasteiger partial charge on any atom is 0.0902 e. The van der Waals surface area contributed by atoms with Gasteiger partial charge in [-0.25, -0.2) is 0 Å². The molecule has 0 aromatic carbocycles. The summed E-state index contributed by atoms with van der Waals surface area (Å²) in [5, 5.41) is 0. The second-order valence-corrected chi connectivity index (χ2v) is 7.11. The van der Waals surface area contributed by atoms with Crippen LogP contribution in [-0.2, 0) is 4.74 Å². The molecule has 0 aromatic heterocycles. The molecule has 0 bridgehead atoms. The summed E-state index contributed by atoms with van der Waals surface area (Å²) in [5.74, 6) is 4.01. The summed E-state index contributed by atoms with van der Waals surface area (Å²) in [6.07, 6.45) is 16.5. The molecular formula is C17H24O. The van der Waals surface area contributed by atoms with Gasteiger partial charge in [0, 0.05) is 5.41 Å². The van der Waals surface area contributed by atoms with Gasteiger partial charge in [0.2, 0.25) is 0 Å². The highest BCUT2D eigenvalue weighted by Crippen LogP contribution is 2.60. The third-order valence-corrected chi connectivity index (χ3v) is 6.55. The Morgan fingerprint density at radius 3 is 3.00 bits per heavy atom. The van der Waals surface area contributed by atoms with Crippen LogP contribution in [0, 0.1) is 29.1 Å². The Morgan fingerprint density at radius 2 is 2.06 bits per heavy atom. The van der Waals surface area contributed by atoms with Crippen molar-refractivity contribution in [2.24, 2.45) is 29.1 Å². The molecule has 5 atom stereocenters. The quantitative estimate of drug-likeness (QED) is 0.602. The Morgan fingerprint density at radius 1 is 1.11 bits per heavy atom. The number of hydrogen-bond donors (Lipinski definition) is 0. The van der Waals surface area contributed by atoms with Gasteiger partial charge >= 0.3 is 0 Å². The maximum atomic E-state index is 5.43.